The topological polar surface area (TPSA) is 21.3 Å². The highest BCUT2D eigenvalue weighted by atomic mass is 16.5. The predicted molar refractivity (Wildman–Crippen MR) is 53.7 cm³/mol. The van der Waals surface area contributed by atoms with Gasteiger partial charge >= 0.3 is 0 Å². The van der Waals surface area contributed by atoms with E-state index in [1.54, 1.807) is 0 Å². The second-order valence-corrected chi connectivity index (χ2v) is 4.74. The first-order chi connectivity index (χ1) is 6.34. The van der Waals surface area contributed by atoms with E-state index in [-0.39, 0.29) is 0 Å². The number of hydrogen-bond acceptors (Lipinski definition) is 2. The summed E-state index contributed by atoms with van der Waals surface area (Å²) < 4.78 is 5.79. The van der Waals surface area contributed by atoms with Gasteiger partial charge in [-0.2, -0.15) is 0 Å². The van der Waals surface area contributed by atoms with Crippen LogP contribution in [-0.4, -0.2) is 25.8 Å². The number of ether oxygens (including phenoxy) is 1. The molecule has 0 aromatic carbocycles. The van der Waals surface area contributed by atoms with Gasteiger partial charge in [-0.05, 0) is 24.7 Å². The molecule has 13 heavy (non-hydrogen) atoms. The third kappa shape index (κ3) is 2.68. The molecule has 76 valence electrons. The molecule has 1 aliphatic carbocycles. The zero-order chi connectivity index (χ0) is 9.10. The summed E-state index contributed by atoms with van der Waals surface area (Å²) in [5.74, 6) is 1.82. The van der Waals surface area contributed by atoms with E-state index in [4.69, 9.17) is 4.74 Å². The van der Waals surface area contributed by atoms with Gasteiger partial charge in [0.25, 0.3) is 0 Å². The molecule has 0 aromatic heterocycles. The van der Waals surface area contributed by atoms with E-state index in [0.717, 1.165) is 31.5 Å². The van der Waals surface area contributed by atoms with E-state index in [2.05, 4.69) is 12.2 Å². The molecule has 1 saturated carbocycles. The Balaban J connectivity index is 1.59. The van der Waals surface area contributed by atoms with Crippen LogP contribution >= 0.6 is 0 Å². The minimum atomic E-state index is 0.527. The molecule has 2 rings (SSSR count). The first-order valence-corrected chi connectivity index (χ1v) is 5.67. The molecule has 0 radical (unpaired) electrons. The zero-order valence-corrected chi connectivity index (χ0v) is 8.59. The smallest absolute Gasteiger partial charge is 0.0823 e. The van der Waals surface area contributed by atoms with Crippen LogP contribution in [0.5, 0.6) is 0 Å². The van der Waals surface area contributed by atoms with Crippen molar-refractivity contribution in [2.24, 2.45) is 11.8 Å². The van der Waals surface area contributed by atoms with E-state index < -0.39 is 0 Å². The lowest BCUT2D eigenvalue weighted by molar-refractivity contribution is -0.00907. The maximum absolute atomic E-state index is 5.79. The van der Waals surface area contributed by atoms with Crippen molar-refractivity contribution in [1.82, 2.24) is 5.32 Å². The van der Waals surface area contributed by atoms with E-state index in [1.165, 1.54) is 25.7 Å². The Morgan fingerprint density at radius 2 is 1.85 bits per heavy atom. The fourth-order valence-corrected chi connectivity index (χ4v) is 2.15. The van der Waals surface area contributed by atoms with Crippen LogP contribution in [0.4, 0.5) is 0 Å². The molecule has 0 aromatic rings. The standard InChI is InChI=1S/C11H21NO/c1-9-2-4-10(5-3-9)8-13-11-6-12-7-11/h9-12H,2-8H2,1H3. The van der Waals surface area contributed by atoms with Crippen LogP contribution in [0.25, 0.3) is 0 Å². The number of nitrogens with one attached hydrogen (secondary N) is 1. The van der Waals surface area contributed by atoms with Gasteiger partial charge in [0.2, 0.25) is 0 Å². The van der Waals surface area contributed by atoms with E-state index >= 15 is 0 Å². The summed E-state index contributed by atoms with van der Waals surface area (Å²) in [6.07, 6.45) is 6.13. The number of rotatable bonds is 3. The zero-order valence-electron chi connectivity index (χ0n) is 8.59. The molecular weight excluding hydrogens is 162 g/mol. The molecule has 0 bridgehead atoms. The van der Waals surface area contributed by atoms with E-state index in [9.17, 15) is 0 Å². The molecule has 0 spiro atoms. The van der Waals surface area contributed by atoms with Gasteiger partial charge in [-0.1, -0.05) is 19.8 Å². The molecule has 2 aliphatic rings. The summed E-state index contributed by atoms with van der Waals surface area (Å²) in [6.45, 7) is 5.53. The number of hydrogen-bond donors (Lipinski definition) is 1. The summed E-state index contributed by atoms with van der Waals surface area (Å²) in [7, 11) is 0. The van der Waals surface area contributed by atoms with Crippen molar-refractivity contribution in [1.29, 1.82) is 0 Å². The van der Waals surface area contributed by atoms with Gasteiger partial charge in [-0.15, -0.1) is 0 Å². The predicted octanol–water partition coefficient (Wildman–Crippen LogP) is 1.80. The average molecular weight is 183 g/mol. The van der Waals surface area contributed by atoms with E-state index in [0.29, 0.717) is 6.10 Å². The molecule has 1 heterocycles. The Morgan fingerprint density at radius 3 is 2.38 bits per heavy atom. The Hall–Kier alpha value is -0.0800. The van der Waals surface area contributed by atoms with Crippen molar-refractivity contribution in [3.63, 3.8) is 0 Å². The van der Waals surface area contributed by atoms with Crippen molar-refractivity contribution in [3.05, 3.63) is 0 Å². The largest absolute Gasteiger partial charge is 0.375 e. The summed E-state index contributed by atoms with van der Waals surface area (Å²) in [6, 6.07) is 0. The van der Waals surface area contributed by atoms with Crippen LogP contribution in [0.3, 0.4) is 0 Å². The van der Waals surface area contributed by atoms with Crippen molar-refractivity contribution in [2.45, 2.75) is 38.7 Å². The molecule has 2 nitrogen and oxygen atoms in total. The molecule has 2 heteroatoms. The molecule has 1 N–H and O–H groups in total. The lowest BCUT2D eigenvalue weighted by atomic mass is 9.83. The SMILES string of the molecule is CC1CCC(COC2CNC2)CC1. The molecule has 1 saturated heterocycles. The highest BCUT2D eigenvalue weighted by Gasteiger charge is 2.22. The second kappa shape index (κ2) is 4.43. The van der Waals surface area contributed by atoms with Crippen molar-refractivity contribution in [2.75, 3.05) is 19.7 Å². The Kier molecular flexibility index (Phi) is 3.23. The van der Waals surface area contributed by atoms with E-state index in [1.807, 2.05) is 0 Å². The maximum Gasteiger partial charge on any atom is 0.0823 e. The third-order valence-corrected chi connectivity index (χ3v) is 3.45. The lowest BCUT2D eigenvalue weighted by Crippen LogP contribution is -2.49. The van der Waals surface area contributed by atoms with Crippen LogP contribution in [0, 0.1) is 11.8 Å². The molecule has 2 fully saturated rings. The van der Waals surface area contributed by atoms with Crippen molar-refractivity contribution in [3.8, 4) is 0 Å². The van der Waals surface area contributed by atoms with Crippen molar-refractivity contribution >= 4 is 0 Å². The fraction of sp³-hybridized carbons (Fsp3) is 1.00. The highest BCUT2D eigenvalue weighted by molar-refractivity contribution is 4.76. The summed E-state index contributed by atoms with van der Waals surface area (Å²) in [5.41, 5.74) is 0. The molecule has 1 aliphatic heterocycles. The van der Waals surface area contributed by atoms with Gasteiger partial charge in [-0.3, -0.25) is 0 Å². The van der Waals surface area contributed by atoms with Crippen molar-refractivity contribution < 1.29 is 4.74 Å². The van der Waals surface area contributed by atoms with Crippen LogP contribution in [-0.2, 0) is 4.74 Å². The van der Waals surface area contributed by atoms with Crippen LogP contribution in [0.1, 0.15) is 32.6 Å². The molecular formula is C11H21NO. The van der Waals surface area contributed by atoms with Crippen LogP contribution in [0.2, 0.25) is 0 Å². The summed E-state index contributed by atoms with van der Waals surface area (Å²) in [4.78, 5) is 0. The lowest BCUT2D eigenvalue weighted by Gasteiger charge is -2.31. The first-order valence-electron chi connectivity index (χ1n) is 5.67. The maximum atomic E-state index is 5.79. The van der Waals surface area contributed by atoms with Gasteiger partial charge < -0.3 is 10.1 Å². The van der Waals surface area contributed by atoms with Gasteiger partial charge in [-0.25, -0.2) is 0 Å². The summed E-state index contributed by atoms with van der Waals surface area (Å²) in [5, 5.41) is 3.23. The highest BCUT2D eigenvalue weighted by Crippen LogP contribution is 2.28. The normalized spacial score (nSPS) is 35.8. The summed E-state index contributed by atoms with van der Waals surface area (Å²) >= 11 is 0. The quantitative estimate of drug-likeness (QED) is 0.720. The van der Waals surface area contributed by atoms with Gasteiger partial charge in [0.15, 0.2) is 0 Å². The third-order valence-electron chi connectivity index (χ3n) is 3.45. The van der Waals surface area contributed by atoms with Crippen LogP contribution < -0.4 is 5.32 Å². The first kappa shape index (κ1) is 9.47. The Morgan fingerprint density at radius 1 is 1.15 bits per heavy atom. The fourth-order valence-electron chi connectivity index (χ4n) is 2.15. The Labute approximate surface area is 81.0 Å². The average Bonchev–Trinajstić information content (AvgIpc) is 2.05. The molecule has 0 atom stereocenters. The van der Waals surface area contributed by atoms with Gasteiger partial charge in [0.05, 0.1) is 6.10 Å². The van der Waals surface area contributed by atoms with Gasteiger partial charge in [0, 0.05) is 19.7 Å². The van der Waals surface area contributed by atoms with Gasteiger partial charge in [0.1, 0.15) is 0 Å². The molecule has 0 unspecified atom stereocenters. The molecule has 0 amide bonds. The van der Waals surface area contributed by atoms with Crippen LogP contribution in [0.15, 0.2) is 0 Å². The second-order valence-electron chi connectivity index (χ2n) is 4.74. The minimum Gasteiger partial charge on any atom is -0.375 e. The monoisotopic (exact) mass is 183 g/mol. The Bertz CT molecular complexity index is 148. The minimum absolute atomic E-state index is 0.527.